The van der Waals surface area contributed by atoms with Gasteiger partial charge in [-0.2, -0.15) is 0 Å². The maximum Gasteiger partial charge on any atom is 0.334 e. The number of hydrogen-bond donors (Lipinski definition) is 0. The lowest BCUT2D eigenvalue weighted by molar-refractivity contribution is 0.0934. The van der Waals surface area contributed by atoms with Crippen molar-refractivity contribution < 1.29 is 18.5 Å². The van der Waals surface area contributed by atoms with E-state index >= 15 is 0 Å². The normalized spacial score (nSPS) is 21.3. The van der Waals surface area contributed by atoms with Crippen LogP contribution in [-0.2, 0) is 18.5 Å². The zero-order valence-corrected chi connectivity index (χ0v) is 10.3. The maximum absolute atomic E-state index is 12.1. The monoisotopic (exact) mass is 235 g/mol. The molecule has 0 aromatic heterocycles. The first kappa shape index (κ1) is 12.7. The van der Waals surface area contributed by atoms with E-state index in [9.17, 15) is 4.57 Å². The van der Waals surface area contributed by atoms with Gasteiger partial charge in [0.15, 0.2) is 0 Å². The number of nitrogens with zero attached hydrogens (tertiary/aromatic N) is 1. The summed E-state index contributed by atoms with van der Waals surface area (Å²) >= 11 is 0. The summed E-state index contributed by atoms with van der Waals surface area (Å²) < 4.78 is 22.4. The maximum atomic E-state index is 12.1. The van der Waals surface area contributed by atoms with E-state index in [2.05, 4.69) is 5.16 Å². The molecule has 1 rings (SSSR count). The van der Waals surface area contributed by atoms with Gasteiger partial charge in [0.2, 0.25) is 0 Å². The largest absolute Gasteiger partial charge is 0.391 e. The van der Waals surface area contributed by atoms with Crippen molar-refractivity contribution in [2.45, 2.75) is 33.3 Å². The Morgan fingerprint density at radius 2 is 2.07 bits per heavy atom. The predicted octanol–water partition coefficient (Wildman–Crippen LogP) is 2.42. The summed E-state index contributed by atoms with van der Waals surface area (Å²) in [4.78, 5) is 5.11. The summed E-state index contributed by atoms with van der Waals surface area (Å²) in [6, 6.07) is 0. The first-order valence-electron chi connectivity index (χ1n) is 5.17. The molecule has 0 saturated heterocycles. The van der Waals surface area contributed by atoms with Gasteiger partial charge in [0, 0.05) is 6.42 Å². The minimum Gasteiger partial charge on any atom is -0.391 e. The molecule has 5 nitrogen and oxygen atoms in total. The van der Waals surface area contributed by atoms with E-state index in [1.807, 2.05) is 6.92 Å². The zero-order chi connectivity index (χ0) is 11.3. The van der Waals surface area contributed by atoms with Crippen molar-refractivity contribution in [2.75, 3.05) is 19.4 Å². The number of hydrogen-bond acceptors (Lipinski definition) is 5. The van der Waals surface area contributed by atoms with Crippen LogP contribution in [0, 0.1) is 0 Å². The molecule has 88 valence electrons. The summed E-state index contributed by atoms with van der Waals surface area (Å²) in [5, 5.41) is 3.81. The van der Waals surface area contributed by atoms with E-state index in [1.54, 1.807) is 13.8 Å². The molecule has 0 saturated carbocycles. The lowest BCUT2D eigenvalue weighted by Gasteiger charge is -2.19. The van der Waals surface area contributed by atoms with Gasteiger partial charge in [-0.3, -0.25) is 4.57 Å². The van der Waals surface area contributed by atoms with E-state index < -0.39 is 7.60 Å². The van der Waals surface area contributed by atoms with Gasteiger partial charge in [-0.25, -0.2) is 0 Å². The third-order valence-electron chi connectivity index (χ3n) is 1.96. The average molecular weight is 235 g/mol. The van der Waals surface area contributed by atoms with Crippen LogP contribution in [-0.4, -0.2) is 31.2 Å². The van der Waals surface area contributed by atoms with E-state index in [0.29, 0.717) is 19.6 Å². The quantitative estimate of drug-likeness (QED) is 0.663. The van der Waals surface area contributed by atoms with Gasteiger partial charge < -0.3 is 13.9 Å². The Morgan fingerprint density at radius 1 is 1.47 bits per heavy atom. The molecule has 0 spiro atoms. The summed E-state index contributed by atoms with van der Waals surface area (Å²) in [7, 11) is -2.99. The molecule has 0 aromatic rings. The fourth-order valence-electron chi connectivity index (χ4n) is 1.45. The first-order valence-corrected chi connectivity index (χ1v) is 6.90. The average Bonchev–Trinajstić information content (AvgIpc) is 2.51. The molecule has 0 N–H and O–H groups in total. The van der Waals surface area contributed by atoms with Crippen molar-refractivity contribution >= 4 is 13.3 Å². The van der Waals surface area contributed by atoms with Crippen LogP contribution in [0.4, 0.5) is 0 Å². The molecule has 0 radical (unpaired) electrons. The van der Waals surface area contributed by atoms with E-state index in [0.717, 1.165) is 5.71 Å². The van der Waals surface area contributed by atoms with Crippen LogP contribution in [0.1, 0.15) is 27.2 Å². The molecule has 1 atom stereocenters. The van der Waals surface area contributed by atoms with E-state index in [-0.39, 0.29) is 12.3 Å². The second-order valence-corrected chi connectivity index (χ2v) is 5.49. The number of rotatable bonds is 6. The molecule has 15 heavy (non-hydrogen) atoms. The molecule has 6 heteroatoms. The third-order valence-corrected chi connectivity index (χ3v) is 4.12. The predicted molar refractivity (Wildman–Crippen MR) is 58.3 cm³/mol. The molecule has 1 heterocycles. The first-order chi connectivity index (χ1) is 7.09. The van der Waals surface area contributed by atoms with Gasteiger partial charge in [-0.15, -0.1) is 0 Å². The zero-order valence-electron chi connectivity index (χ0n) is 9.43. The van der Waals surface area contributed by atoms with Gasteiger partial charge in [-0.05, 0) is 20.8 Å². The highest BCUT2D eigenvalue weighted by Crippen LogP contribution is 2.49. The molecule has 1 aliphatic heterocycles. The highest BCUT2D eigenvalue weighted by Gasteiger charge is 2.32. The van der Waals surface area contributed by atoms with Crippen LogP contribution >= 0.6 is 7.60 Å². The van der Waals surface area contributed by atoms with Crippen molar-refractivity contribution in [3.8, 4) is 0 Å². The van der Waals surface area contributed by atoms with Crippen LogP contribution in [0.25, 0.3) is 0 Å². The second-order valence-electron chi connectivity index (χ2n) is 3.39. The summed E-state index contributed by atoms with van der Waals surface area (Å²) in [5.74, 6) is 0. The van der Waals surface area contributed by atoms with E-state index in [1.165, 1.54) is 0 Å². The standard InChI is InChI=1S/C9H18NO4P/c1-4-12-15(11,13-5-2)7-9-6-8(3)10-14-9/h9H,4-7H2,1-3H3. The molecule has 0 bridgehead atoms. The molecule has 0 aliphatic carbocycles. The van der Waals surface area contributed by atoms with Gasteiger partial charge >= 0.3 is 7.60 Å². The fourth-order valence-corrected chi connectivity index (χ4v) is 3.22. The van der Waals surface area contributed by atoms with Crippen LogP contribution in [0.15, 0.2) is 5.16 Å². The Kier molecular flexibility index (Phi) is 4.77. The van der Waals surface area contributed by atoms with Crippen LogP contribution in [0.2, 0.25) is 0 Å². The topological polar surface area (TPSA) is 57.1 Å². The summed E-state index contributed by atoms with van der Waals surface area (Å²) in [6.07, 6.45) is 0.800. The highest BCUT2D eigenvalue weighted by molar-refractivity contribution is 7.53. The fraction of sp³-hybridized carbons (Fsp3) is 0.889. The molecular weight excluding hydrogens is 217 g/mol. The Morgan fingerprint density at radius 3 is 2.47 bits per heavy atom. The molecular formula is C9H18NO4P. The lowest BCUT2D eigenvalue weighted by Crippen LogP contribution is -2.15. The van der Waals surface area contributed by atoms with Crippen molar-refractivity contribution in [1.82, 2.24) is 0 Å². The highest BCUT2D eigenvalue weighted by atomic mass is 31.2. The third kappa shape index (κ3) is 3.93. The second kappa shape index (κ2) is 5.64. The summed E-state index contributed by atoms with van der Waals surface area (Å²) in [5.41, 5.74) is 0.916. The van der Waals surface area contributed by atoms with Crippen LogP contribution < -0.4 is 0 Å². The van der Waals surface area contributed by atoms with Gasteiger partial charge in [0.25, 0.3) is 0 Å². The molecule has 0 fully saturated rings. The summed E-state index contributed by atoms with van der Waals surface area (Å²) in [6.45, 7) is 6.23. The van der Waals surface area contributed by atoms with Gasteiger partial charge in [-0.1, -0.05) is 5.16 Å². The minimum absolute atomic E-state index is 0.172. The minimum atomic E-state index is -2.99. The Labute approximate surface area is 90.3 Å². The molecule has 1 unspecified atom stereocenters. The Hall–Kier alpha value is -0.380. The van der Waals surface area contributed by atoms with Crippen molar-refractivity contribution in [1.29, 1.82) is 0 Å². The number of oxime groups is 1. The lowest BCUT2D eigenvalue weighted by atomic mass is 10.2. The molecule has 0 aromatic carbocycles. The smallest absolute Gasteiger partial charge is 0.334 e. The molecule has 1 aliphatic rings. The van der Waals surface area contributed by atoms with Crippen molar-refractivity contribution in [2.24, 2.45) is 5.16 Å². The van der Waals surface area contributed by atoms with Crippen LogP contribution in [0.5, 0.6) is 0 Å². The SMILES string of the molecule is CCOP(=O)(CC1CC(C)=NO1)OCC. The molecule has 0 amide bonds. The van der Waals surface area contributed by atoms with Crippen LogP contribution in [0.3, 0.4) is 0 Å². The van der Waals surface area contributed by atoms with E-state index in [4.69, 9.17) is 13.9 Å². The Balaban J connectivity index is 2.48. The van der Waals surface area contributed by atoms with Crippen molar-refractivity contribution in [3.63, 3.8) is 0 Å². The van der Waals surface area contributed by atoms with Gasteiger partial charge in [0.1, 0.15) is 6.10 Å². The van der Waals surface area contributed by atoms with Gasteiger partial charge in [0.05, 0.1) is 25.1 Å². The Bertz CT molecular complexity index is 269. The van der Waals surface area contributed by atoms with Crippen molar-refractivity contribution in [3.05, 3.63) is 0 Å².